The van der Waals surface area contributed by atoms with Crippen LogP contribution >= 0.6 is 0 Å². The number of ether oxygens (including phenoxy) is 3. The summed E-state index contributed by atoms with van der Waals surface area (Å²) in [5.41, 5.74) is 0.953. The van der Waals surface area contributed by atoms with Crippen molar-refractivity contribution in [2.45, 2.75) is 18.8 Å². The molecule has 0 spiro atoms. The van der Waals surface area contributed by atoms with Gasteiger partial charge in [0.05, 0.1) is 32.6 Å². The molecule has 1 atom stereocenters. The van der Waals surface area contributed by atoms with Gasteiger partial charge in [-0.25, -0.2) is 14.0 Å². The Balaban J connectivity index is 1.67. The summed E-state index contributed by atoms with van der Waals surface area (Å²) in [6.07, 6.45) is 1.63. The molecule has 0 aliphatic carbocycles. The number of aryl methyl sites for hydroxylation is 1. The molecule has 1 aliphatic heterocycles. The summed E-state index contributed by atoms with van der Waals surface area (Å²) < 4.78 is 19.3. The minimum atomic E-state index is -0.207. The van der Waals surface area contributed by atoms with Crippen molar-refractivity contribution in [2.75, 3.05) is 34.4 Å². The molecule has 0 saturated carbocycles. The van der Waals surface area contributed by atoms with Gasteiger partial charge in [-0.05, 0) is 37.1 Å². The Kier molecular flexibility index (Phi) is 6.39. The first-order valence-corrected chi connectivity index (χ1v) is 10.8. The Morgan fingerprint density at radius 2 is 1.73 bits per heavy atom. The predicted molar refractivity (Wildman–Crippen MR) is 123 cm³/mol. The Hall–Kier alpha value is -3.75. The van der Waals surface area contributed by atoms with E-state index < -0.39 is 0 Å². The Labute approximate surface area is 192 Å². The van der Waals surface area contributed by atoms with Gasteiger partial charge in [0, 0.05) is 26.1 Å². The number of benzene rings is 2. The zero-order valence-electron chi connectivity index (χ0n) is 19.3. The lowest BCUT2D eigenvalue weighted by molar-refractivity contribution is 0.0699. The first-order valence-electron chi connectivity index (χ1n) is 10.8. The lowest BCUT2D eigenvalue weighted by Crippen LogP contribution is -2.40. The molecular weight excluding hydrogens is 424 g/mol. The fourth-order valence-corrected chi connectivity index (χ4v) is 4.38. The van der Waals surface area contributed by atoms with E-state index in [9.17, 15) is 9.59 Å². The highest BCUT2D eigenvalue weighted by atomic mass is 16.5. The average molecular weight is 453 g/mol. The van der Waals surface area contributed by atoms with Crippen molar-refractivity contribution in [3.63, 3.8) is 0 Å². The third-order valence-corrected chi connectivity index (χ3v) is 5.97. The first-order chi connectivity index (χ1) is 16.0. The number of amides is 1. The zero-order chi connectivity index (χ0) is 23.5. The van der Waals surface area contributed by atoms with Gasteiger partial charge in [0.15, 0.2) is 11.5 Å². The van der Waals surface area contributed by atoms with Gasteiger partial charge in [0.25, 0.3) is 5.91 Å². The number of aromatic nitrogens is 3. The van der Waals surface area contributed by atoms with Crippen LogP contribution in [0.4, 0.5) is 0 Å². The summed E-state index contributed by atoms with van der Waals surface area (Å²) in [6.45, 7) is 1.05. The second-order valence-electron chi connectivity index (χ2n) is 7.91. The van der Waals surface area contributed by atoms with Crippen LogP contribution in [0.1, 0.15) is 34.9 Å². The van der Waals surface area contributed by atoms with Gasteiger partial charge in [-0.15, -0.1) is 0 Å². The van der Waals surface area contributed by atoms with Gasteiger partial charge in [0.2, 0.25) is 5.75 Å². The zero-order valence-corrected chi connectivity index (χ0v) is 19.3. The highest BCUT2D eigenvalue weighted by Crippen LogP contribution is 2.40. The maximum atomic E-state index is 13.5. The molecule has 0 N–H and O–H groups in total. The second kappa shape index (κ2) is 9.40. The topological polar surface area (TPSA) is 87.8 Å². The molecule has 1 unspecified atom stereocenters. The third-order valence-electron chi connectivity index (χ3n) is 5.97. The molecule has 1 aromatic heterocycles. The van der Waals surface area contributed by atoms with Crippen LogP contribution in [0.5, 0.6) is 17.2 Å². The van der Waals surface area contributed by atoms with Gasteiger partial charge < -0.3 is 19.1 Å². The summed E-state index contributed by atoms with van der Waals surface area (Å²) in [6, 6.07) is 12.8. The Morgan fingerprint density at radius 1 is 1.00 bits per heavy atom. The smallest absolute Gasteiger partial charge is 0.350 e. The molecule has 3 aromatic rings. The van der Waals surface area contributed by atoms with Crippen molar-refractivity contribution in [1.29, 1.82) is 0 Å². The summed E-state index contributed by atoms with van der Waals surface area (Å²) in [4.78, 5) is 28.1. The molecular formula is C24H28N4O5. The minimum absolute atomic E-state index is 0.0806. The van der Waals surface area contributed by atoms with E-state index in [0.29, 0.717) is 41.7 Å². The molecule has 4 rings (SSSR count). The molecule has 0 bridgehead atoms. The molecule has 1 fully saturated rings. The normalized spacial score (nSPS) is 15.9. The largest absolute Gasteiger partial charge is 0.493 e. The van der Waals surface area contributed by atoms with E-state index in [1.807, 2.05) is 30.3 Å². The number of nitrogens with zero attached hydrogens (tertiary/aromatic N) is 4. The van der Waals surface area contributed by atoms with Crippen LogP contribution in [0, 0.1) is 0 Å². The number of likely N-dealkylation sites (tertiary alicyclic amines) is 1. The van der Waals surface area contributed by atoms with Crippen molar-refractivity contribution in [3.05, 3.63) is 64.3 Å². The van der Waals surface area contributed by atoms with Gasteiger partial charge in [-0.3, -0.25) is 4.79 Å². The van der Waals surface area contributed by atoms with Crippen LogP contribution in [0.3, 0.4) is 0 Å². The lowest BCUT2D eigenvalue weighted by atomic mass is 9.96. The highest BCUT2D eigenvalue weighted by molar-refractivity contribution is 5.98. The van der Waals surface area contributed by atoms with E-state index in [1.54, 1.807) is 28.6 Å². The van der Waals surface area contributed by atoms with Crippen LogP contribution in [0.2, 0.25) is 0 Å². The summed E-state index contributed by atoms with van der Waals surface area (Å²) in [7, 11) is 6.19. The predicted octanol–water partition coefficient (Wildman–Crippen LogP) is 2.62. The van der Waals surface area contributed by atoms with E-state index >= 15 is 0 Å². The molecule has 2 aromatic carbocycles. The van der Waals surface area contributed by atoms with Crippen molar-refractivity contribution in [1.82, 2.24) is 19.2 Å². The van der Waals surface area contributed by atoms with Crippen LogP contribution < -0.4 is 19.9 Å². The molecule has 9 heteroatoms. The van der Waals surface area contributed by atoms with E-state index in [1.165, 1.54) is 26.0 Å². The van der Waals surface area contributed by atoms with E-state index in [0.717, 1.165) is 18.5 Å². The van der Waals surface area contributed by atoms with E-state index in [-0.39, 0.29) is 17.5 Å². The monoisotopic (exact) mass is 452 g/mol. The lowest BCUT2D eigenvalue weighted by Gasteiger charge is -2.33. The van der Waals surface area contributed by atoms with Crippen LogP contribution in [0.25, 0.3) is 5.69 Å². The fraction of sp³-hybridized carbons (Fsp3) is 0.375. The number of piperidine rings is 1. The number of hydrogen-bond donors (Lipinski definition) is 0. The third kappa shape index (κ3) is 4.06. The molecule has 1 saturated heterocycles. The second-order valence-corrected chi connectivity index (χ2v) is 7.91. The summed E-state index contributed by atoms with van der Waals surface area (Å²) in [5.74, 6) is 1.61. The molecule has 174 valence electrons. The molecule has 0 radical (unpaired) electrons. The molecule has 33 heavy (non-hydrogen) atoms. The van der Waals surface area contributed by atoms with Gasteiger partial charge in [0.1, 0.15) is 5.82 Å². The van der Waals surface area contributed by atoms with Crippen LogP contribution in [0.15, 0.2) is 47.3 Å². The maximum Gasteiger partial charge on any atom is 0.350 e. The SMILES string of the molecule is COc1ccc(C(=O)N2CCCC(c3nn(C)c(=O)n3-c3ccccc3)C2)c(OC)c1OC. The standard InChI is InChI=1S/C24H28N4O5/c1-26-24(30)28(17-10-6-5-7-11-17)22(25-26)16-9-8-14-27(15-16)23(29)18-12-13-19(31-2)21(33-4)20(18)32-3/h5-7,10-13,16H,8-9,14-15H2,1-4H3. The number of carbonyl (C=O) groups is 1. The van der Waals surface area contributed by atoms with Gasteiger partial charge in [-0.2, -0.15) is 5.10 Å². The Morgan fingerprint density at radius 3 is 2.39 bits per heavy atom. The fourth-order valence-electron chi connectivity index (χ4n) is 4.38. The van der Waals surface area contributed by atoms with E-state index in [2.05, 4.69) is 5.10 Å². The number of para-hydroxylation sites is 1. The number of methoxy groups -OCH3 is 3. The maximum absolute atomic E-state index is 13.5. The molecule has 1 aliphatic rings. The summed E-state index contributed by atoms with van der Waals surface area (Å²) >= 11 is 0. The minimum Gasteiger partial charge on any atom is -0.493 e. The number of hydrogen-bond acceptors (Lipinski definition) is 6. The number of carbonyl (C=O) groups excluding carboxylic acids is 1. The van der Waals surface area contributed by atoms with Crippen LogP contribution in [-0.2, 0) is 7.05 Å². The van der Waals surface area contributed by atoms with Crippen molar-refractivity contribution in [3.8, 4) is 22.9 Å². The van der Waals surface area contributed by atoms with Gasteiger partial charge in [-0.1, -0.05) is 18.2 Å². The van der Waals surface area contributed by atoms with E-state index in [4.69, 9.17) is 14.2 Å². The van der Waals surface area contributed by atoms with Gasteiger partial charge >= 0.3 is 5.69 Å². The quantitative estimate of drug-likeness (QED) is 0.571. The number of rotatable bonds is 6. The summed E-state index contributed by atoms with van der Waals surface area (Å²) in [5, 5.41) is 4.53. The average Bonchev–Trinajstić information content (AvgIpc) is 3.17. The van der Waals surface area contributed by atoms with Crippen LogP contribution in [-0.4, -0.2) is 59.6 Å². The molecule has 2 heterocycles. The van der Waals surface area contributed by atoms with Crippen molar-refractivity contribution >= 4 is 5.91 Å². The molecule has 1 amide bonds. The Bertz CT molecular complexity index is 1200. The van der Waals surface area contributed by atoms with Crippen molar-refractivity contribution < 1.29 is 19.0 Å². The van der Waals surface area contributed by atoms with Crippen molar-refractivity contribution in [2.24, 2.45) is 7.05 Å². The first kappa shape index (κ1) is 22.4. The highest BCUT2D eigenvalue weighted by Gasteiger charge is 2.32. The molecule has 9 nitrogen and oxygen atoms in total.